The van der Waals surface area contributed by atoms with Gasteiger partial charge in [-0.25, -0.2) is 13.8 Å². The second-order valence-electron chi connectivity index (χ2n) is 8.37. The van der Waals surface area contributed by atoms with Gasteiger partial charge in [0.15, 0.2) is 0 Å². The number of rotatable bonds is 10. The Balaban J connectivity index is 1.43. The van der Waals surface area contributed by atoms with Crippen LogP contribution in [0.2, 0.25) is 5.02 Å². The number of carbonyl (C=O) groups excluding carboxylic acids is 2. The third kappa shape index (κ3) is 7.35. The maximum absolute atomic E-state index is 13.5. The number of methoxy groups -OCH3 is 1. The molecule has 0 spiro atoms. The molecule has 2 N–H and O–H groups in total. The molecule has 2 amide bonds. The normalized spacial score (nSPS) is 11.5. The monoisotopic (exact) mass is 580 g/mol. The predicted molar refractivity (Wildman–Crippen MR) is 150 cm³/mol. The molecule has 0 radical (unpaired) electrons. The number of carbonyl (C=O) groups is 2. The Morgan fingerprint density at radius 2 is 1.62 bits per heavy atom. The van der Waals surface area contributed by atoms with E-state index >= 15 is 0 Å². The zero-order chi connectivity index (χ0) is 28.5. The number of nitrogens with one attached hydrogen (secondary N) is 2. The largest absolute Gasteiger partial charge is 0.495 e. The fraction of sp³-hybridized carbons (Fsp3) is 0.107. The van der Waals surface area contributed by atoms with Gasteiger partial charge >= 0.3 is 11.8 Å². The SMILES string of the molecule is COc1ccccc1NC(=O)C(=O)N/N=C/c1ccc(CN(Cc2ccccc2)S(=O)(=O)c2ccc(Cl)cc2)o1. The second kappa shape index (κ2) is 13.1. The molecule has 10 nitrogen and oxygen atoms in total. The maximum atomic E-state index is 13.5. The van der Waals surface area contributed by atoms with E-state index in [9.17, 15) is 18.0 Å². The molecule has 4 aromatic rings. The summed E-state index contributed by atoms with van der Waals surface area (Å²) in [5.74, 6) is -0.962. The van der Waals surface area contributed by atoms with Gasteiger partial charge in [-0.3, -0.25) is 9.59 Å². The van der Waals surface area contributed by atoms with Gasteiger partial charge in [-0.15, -0.1) is 0 Å². The van der Waals surface area contributed by atoms with Crippen molar-refractivity contribution in [3.8, 4) is 5.75 Å². The first-order valence-electron chi connectivity index (χ1n) is 11.9. The number of hydrazone groups is 1. The molecule has 3 aromatic carbocycles. The van der Waals surface area contributed by atoms with Gasteiger partial charge in [0.25, 0.3) is 0 Å². The van der Waals surface area contributed by atoms with E-state index in [4.69, 9.17) is 20.8 Å². The average molecular weight is 581 g/mol. The number of furan rings is 1. The Hall–Kier alpha value is -4.45. The third-order valence-electron chi connectivity index (χ3n) is 5.59. The predicted octanol–water partition coefficient (Wildman–Crippen LogP) is 4.42. The zero-order valence-corrected chi connectivity index (χ0v) is 22.9. The number of nitrogens with zero attached hydrogens (tertiary/aromatic N) is 2. The van der Waals surface area contributed by atoms with Crippen molar-refractivity contribution in [2.75, 3.05) is 12.4 Å². The molecule has 0 unspecified atom stereocenters. The minimum absolute atomic E-state index is 0.0681. The number of para-hydroxylation sites is 2. The van der Waals surface area contributed by atoms with Crippen LogP contribution >= 0.6 is 11.6 Å². The number of halogens is 1. The van der Waals surface area contributed by atoms with Crippen molar-refractivity contribution in [2.24, 2.45) is 5.10 Å². The van der Waals surface area contributed by atoms with Gasteiger partial charge in [-0.1, -0.05) is 54.1 Å². The summed E-state index contributed by atoms with van der Waals surface area (Å²) in [6.45, 7) is 0.0364. The summed E-state index contributed by atoms with van der Waals surface area (Å²) >= 11 is 5.94. The van der Waals surface area contributed by atoms with Gasteiger partial charge in [-0.05, 0) is 54.1 Å². The van der Waals surface area contributed by atoms with Crippen LogP contribution in [0.4, 0.5) is 5.69 Å². The van der Waals surface area contributed by atoms with Crippen LogP contribution in [-0.2, 0) is 32.7 Å². The van der Waals surface area contributed by atoms with Crippen molar-refractivity contribution in [3.63, 3.8) is 0 Å². The third-order valence-corrected chi connectivity index (χ3v) is 7.64. The number of benzene rings is 3. The fourth-order valence-corrected chi connectivity index (χ4v) is 5.14. The van der Waals surface area contributed by atoms with E-state index < -0.39 is 21.8 Å². The van der Waals surface area contributed by atoms with E-state index in [0.29, 0.717) is 22.2 Å². The van der Waals surface area contributed by atoms with Gasteiger partial charge in [0, 0.05) is 11.6 Å². The molecule has 0 saturated carbocycles. The van der Waals surface area contributed by atoms with Gasteiger partial charge in [0.05, 0.1) is 30.5 Å². The molecular weight excluding hydrogens is 556 g/mol. The summed E-state index contributed by atoms with van der Waals surface area (Å²) in [6.07, 6.45) is 1.20. The molecule has 4 rings (SSSR count). The fourth-order valence-electron chi connectivity index (χ4n) is 3.62. The molecule has 0 fully saturated rings. The van der Waals surface area contributed by atoms with Gasteiger partial charge in [0.1, 0.15) is 17.3 Å². The smallest absolute Gasteiger partial charge is 0.329 e. The highest BCUT2D eigenvalue weighted by atomic mass is 35.5. The van der Waals surface area contributed by atoms with Crippen molar-refractivity contribution in [2.45, 2.75) is 18.0 Å². The number of anilines is 1. The number of hydrogen-bond donors (Lipinski definition) is 2. The van der Waals surface area contributed by atoms with Gasteiger partial charge in [-0.2, -0.15) is 9.41 Å². The Morgan fingerprint density at radius 1 is 0.925 bits per heavy atom. The van der Waals surface area contributed by atoms with Crippen LogP contribution in [0.25, 0.3) is 0 Å². The molecule has 0 bridgehead atoms. The molecular formula is C28H25ClN4O6S. The lowest BCUT2D eigenvalue weighted by Crippen LogP contribution is -2.32. The second-order valence-corrected chi connectivity index (χ2v) is 10.7. The quantitative estimate of drug-likeness (QED) is 0.162. The molecule has 1 heterocycles. The Kier molecular flexibility index (Phi) is 9.33. The summed E-state index contributed by atoms with van der Waals surface area (Å²) in [5.41, 5.74) is 3.25. The Labute approximate surface area is 236 Å². The van der Waals surface area contributed by atoms with E-state index in [1.807, 2.05) is 30.3 Å². The highest BCUT2D eigenvalue weighted by Crippen LogP contribution is 2.24. The highest BCUT2D eigenvalue weighted by Gasteiger charge is 2.26. The molecule has 40 heavy (non-hydrogen) atoms. The molecule has 0 saturated heterocycles. The van der Waals surface area contributed by atoms with Crippen LogP contribution in [0.15, 0.2) is 105 Å². The zero-order valence-electron chi connectivity index (χ0n) is 21.3. The topological polar surface area (TPSA) is 130 Å². The lowest BCUT2D eigenvalue weighted by Gasteiger charge is -2.21. The molecule has 12 heteroatoms. The standard InChI is InChI=1S/C28H25ClN4O6S/c1-38-26-10-6-5-9-25(26)31-27(34)28(35)32-30-17-22-13-14-23(39-22)19-33(18-20-7-3-2-4-8-20)40(36,37)24-15-11-21(29)12-16-24/h2-17H,18-19H2,1H3,(H,31,34)(H,32,35)/b30-17+. The van der Waals surface area contributed by atoms with Crippen molar-refractivity contribution in [1.29, 1.82) is 0 Å². The number of ether oxygens (including phenoxy) is 1. The summed E-state index contributed by atoms with van der Waals surface area (Å²) in [7, 11) is -2.46. The van der Waals surface area contributed by atoms with E-state index in [1.165, 1.54) is 41.9 Å². The number of hydrogen-bond acceptors (Lipinski definition) is 7. The van der Waals surface area contributed by atoms with Crippen molar-refractivity contribution in [1.82, 2.24) is 9.73 Å². The highest BCUT2D eigenvalue weighted by molar-refractivity contribution is 7.89. The Morgan fingerprint density at radius 3 is 2.35 bits per heavy atom. The molecule has 0 aliphatic rings. The van der Waals surface area contributed by atoms with Gasteiger partial charge < -0.3 is 14.5 Å². The molecule has 1 aromatic heterocycles. The van der Waals surface area contributed by atoms with Crippen LogP contribution in [-0.4, -0.2) is 37.9 Å². The Bertz CT molecular complexity index is 1610. The van der Waals surface area contributed by atoms with Crippen molar-refractivity contribution < 1.29 is 27.2 Å². The number of sulfonamides is 1. The van der Waals surface area contributed by atoms with Crippen molar-refractivity contribution >= 4 is 45.3 Å². The van der Waals surface area contributed by atoms with Crippen molar-refractivity contribution in [3.05, 3.63) is 113 Å². The average Bonchev–Trinajstić information content (AvgIpc) is 3.40. The minimum atomic E-state index is -3.90. The lowest BCUT2D eigenvalue weighted by atomic mass is 10.2. The van der Waals surface area contributed by atoms with Gasteiger partial charge in [0.2, 0.25) is 10.0 Å². The minimum Gasteiger partial charge on any atom is -0.495 e. The first-order valence-corrected chi connectivity index (χ1v) is 13.7. The van der Waals surface area contributed by atoms with E-state index in [1.54, 1.807) is 36.4 Å². The van der Waals surface area contributed by atoms with Crippen LogP contribution < -0.4 is 15.5 Å². The molecule has 206 valence electrons. The number of amides is 2. The lowest BCUT2D eigenvalue weighted by molar-refractivity contribution is -0.136. The van der Waals surface area contributed by atoms with Crippen LogP contribution in [0, 0.1) is 0 Å². The first kappa shape index (κ1) is 28.6. The molecule has 0 aliphatic heterocycles. The van der Waals surface area contributed by atoms with E-state index in [0.717, 1.165) is 5.56 Å². The summed E-state index contributed by atoms with van der Waals surface area (Å²) in [5, 5.41) is 6.62. The van der Waals surface area contributed by atoms with E-state index in [-0.39, 0.29) is 23.7 Å². The molecule has 0 aliphatic carbocycles. The first-order chi connectivity index (χ1) is 19.3. The summed E-state index contributed by atoms with van der Waals surface area (Å²) in [6, 6.07) is 24.9. The molecule has 0 atom stereocenters. The van der Waals surface area contributed by atoms with Crippen LogP contribution in [0.1, 0.15) is 17.1 Å². The van der Waals surface area contributed by atoms with E-state index in [2.05, 4.69) is 15.8 Å². The van der Waals surface area contributed by atoms with Crippen LogP contribution in [0.3, 0.4) is 0 Å². The summed E-state index contributed by atoms with van der Waals surface area (Å²) in [4.78, 5) is 24.4. The van der Waals surface area contributed by atoms with Crippen LogP contribution in [0.5, 0.6) is 5.75 Å². The summed E-state index contributed by atoms with van der Waals surface area (Å²) < 4.78 is 39.1. The maximum Gasteiger partial charge on any atom is 0.329 e.